The fraction of sp³-hybridized carbons (Fsp3) is 0.529. The lowest BCUT2D eigenvalue weighted by molar-refractivity contribution is -0.139. The second-order valence-electron chi connectivity index (χ2n) is 6.06. The molecule has 1 N–H and O–H groups in total. The minimum Gasteiger partial charge on any atom is -0.481 e. The Bertz CT molecular complexity index is 538. The van der Waals surface area contributed by atoms with Gasteiger partial charge in [-0.2, -0.15) is 0 Å². The number of aliphatic carboxylic acids is 1. The van der Waals surface area contributed by atoms with Crippen molar-refractivity contribution in [1.82, 2.24) is 4.90 Å². The van der Waals surface area contributed by atoms with Gasteiger partial charge >= 0.3 is 5.97 Å². The summed E-state index contributed by atoms with van der Waals surface area (Å²) >= 11 is 6.15. The van der Waals surface area contributed by atoms with Crippen LogP contribution >= 0.6 is 11.6 Å². The summed E-state index contributed by atoms with van der Waals surface area (Å²) in [7, 11) is 0. The number of carboxylic acids is 1. The molecule has 1 amide bonds. The Morgan fingerprint density at radius 2 is 1.95 bits per heavy atom. The van der Waals surface area contributed by atoms with Crippen LogP contribution in [0.2, 0.25) is 5.02 Å². The monoisotopic (exact) mass is 323 g/mol. The highest BCUT2D eigenvalue weighted by Gasteiger charge is 2.27. The number of likely N-dealkylation sites (tertiary alicyclic amines) is 1. The lowest BCUT2D eigenvalue weighted by atomic mass is 9.92. The molecule has 1 aliphatic rings. The number of nitrogens with zero attached hydrogens (tertiary/aromatic N) is 1. The molecular formula is C17H22ClNO3. The van der Waals surface area contributed by atoms with Crippen molar-refractivity contribution in [3.63, 3.8) is 0 Å². The Hall–Kier alpha value is -1.55. The van der Waals surface area contributed by atoms with E-state index in [0.29, 0.717) is 24.5 Å². The van der Waals surface area contributed by atoms with Gasteiger partial charge in [0.05, 0.1) is 0 Å². The first-order valence-electron chi connectivity index (χ1n) is 7.71. The molecule has 1 aliphatic heterocycles. The first-order chi connectivity index (χ1) is 10.5. The molecule has 1 saturated heterocycles. The summed E-state index contributed by atoms with van der Waals surface area (Å²) in [5, 5.41) is 9.52. The van der Waals surface area contributed by atoms with Crippen LogP contribution in [0.5, 0.6) is 0 Å². The zero-order chi connectivity index (χ0) is 16.1. The van der Waals surface area contributed by atoms with E-state index in [9.17, 15) is 9.59 Å². The molecule has 1 aromatic carbocycles. The van der Waals surface area contributed by atoms with Crippen molar-refractivity contribution in [2.75, 3.05) is 13.1 Å². The van der Waals surface area contributed by atoms with E-state index < -0.39 is 5.97 Å². The number of piperidine rings is 1. The van der Waals surface area contributed by atoms with E-state index in [4.69, 9.17) is 16.7 Å². The van der Waals surface area contributed by atoms with Crippen molar-refractivity contribution < 1.29 is 14.7 Å². The smallest absolute Gasteiger partial charge is 0.303 e. The van der Waals surface area contributed by atoms with Gasteiger partial charge in [0.2, 0.25) is 5.91 Å². The molecule has 1 heterocycles. The number of halogens is 1. The number of carbonyl (C=O) groups is 2. The average molecular weight is 324 g/mol. The lowest BCUT2D eigenvalue weighted by Gasteiger charge is -2.33. The molecule has 2 rings (SSSR count). The van der Waals surface area contributed by atoms with Gasteiger partial charge < -0.3 is 10.0 Å². The summed E-state index contributed by atoms with van der Waals surface area (Å²) in [4.78, 5) is 25.1. The van der Waals surface area contributed by atoms with Crippen LogP contribution in [0, 0.1) is 11.8 Å². The highest BCUT2D eigenvalue weighted by molar-refractivity contribution is 6.31. The molecule has 1 fully saturated rings. The van der Waals surface area contributed by atoms with Crippen LogP contribution in [0.3, 0.4) is 0 Å². The SMILES string of the molecule is CC(Cc1ccccc1Cl)C(=O)N1CCC(CC(=O)O)CC1. The van der Waals surface area contributed by atoms with Crippen molar-refractivity contribution in [3.05, 3.63) is 34.9 Å². The third kappa shape index (κ3) is 4.47. The maximum absolute atomic E-state index is 12.5. The molecule has 0 aromatic heterocycles. The number of benzene rings is 1. The van der Waals surface area contributed by atoms with Crippen molar-refractivity contribution in [1.29, 1.82) is 0 Å². The molecule has 4 nitrogen and oxygen atoms in total. The third-order valence-electron chi connectivity index (χ3n) is 4.30. The normalized spacial score (nSPS) is 17.3. The first kappa shape index (κ1) is 16.8. The van der Waals surface area contributed by atoms with Crippen LogP contribution in [0.25, 0.3) is 0 Å². The largest absolute Gasteiger partial charge is 0.481 e. The minimum absolute atomic E-state index is 0.115. The van der Waals surface area contributed by atoms with Crippen LogP contribution in [-0.2, 0) is 16.0 Å². The fourth-order valence-corrected chi connectivity index (χ4v) is 3.21. The van der Waals surface area contributed by atoms with Gasteiger partial charge in [0.15, 0.2) is 0 Å². The van der Waals surface area contributed by atoms with Crippen LogP contribution < -0.4 is 0 Å². The maximum atomic E-state index is 12.5. The number of amides is 1. The summed E-state index contributed by atoms with van der Waals surface area (Å²) in [6.07, 6.45) is 2.39. The molecule has 5 heteroatoms. The van der Waals surface area contributed by atoms with Crippen LogP contribution in [0.15, 0.2) is 24.3 Å². The van der Waals surface area contributed by atoms with E-state index in [1.807, 2.05) is 36.1 Å². The molecule has 22 heavy (non-hydrogen) atoms. The molecule has 0 bridgehead atoms. The Morgan fingerprint density at radius 3 is 2.55 bits per heavy atom. The molecular weight excluding hydrogens is 302 g/mol. The molecule has 0 spiro atoms. The molecule has 0 radical (unpaired) electrons. The van der Waals surface area contributed by atoms with Gasteiger partial charge in [0, 0.05) is 30.5 Å². The predicted molar refractivity (Wildman–Crippen MR) is 85.9 cm³/mol. The van der Waals surface area contributed by atoms with Gasteiger partial charge in [-0.05, 0) is 36.8 Å². The van der Waals surface area contributed by atoms with Gasteiger partial charge in [0.25, 0.3) is 0 Å². The molecule has 120 valence electrons. The topological polar surface area (TPSA) is 57.6 Å². The molecule has 1 aromatic rings. The summed E-state index contributed by atoms with van der Waals surface area (Å²) in [6.45, 7) is 3.24. The van der Waals surface area contributed by atoms with E-state index >= 15 is 0 Å². The first-order valence-corrected chi connectivity index (χ1v) is 8.09. The van der Waals surface area contributed by atoms with Gasteiger partial charge in [0.1, 0.15) is 0 Å². The minimum atomic E-state index is -0.753. The quantitative estimate of drug-likeness (QED) is 0.905. The zero-order valence-electron chi connectivity index (χ0n) is 12.8. The predicted octanol–water partition coefficient (Wildman–Crippen LogP) is 3.23. The highest BCUT2D eigenvalue weighted by Crippen LogP contribution is 2.24. The third-order valence-corrected chi connectivity index (χ3v) is 4.66. The lowest BCUT2D eigenvalue weighted by Crippen LogP contribution is -2.42. The van der Waals surface area contributed by atoms with E-state index in [2.05, 4.69) is 0 Å². The van der Waals surface area contributed by atoms with Gasteiger partial charge in [-0.25, -0.2) is 0 Å². The number of hydrogen-bond donors (Lipinski definition) is 1. The van der Waals surface area contributed by atoms with E-state index in [-0.39, 0.29) is 24.2 Å². The average Bonchev–Trinajstić information content (AvgIpc) is 2.49. The standard InChI is InChI=1S/C17H22ClNO3/c1-12(10-14-4-2-3-5-15(14)18)17(22)19-8-6-13(7-9-19)11-16(20)21/h2-5,12-13H,6-11H2,1H3,(H,20,21). The Morgan fingerprint density at radius 1 is 1.32 bits per heavy atom. The number of rotatable bonds is 5. The van der Waals surface area contributed by atoms with Crippen molar-refractivity contribution in [2.24, 2.45) is 11.8 Å². The van der Waals surface area contributed by atoms with E-state index in [0.717, 1.165) is 18.4 Å². The summed E-state index contributed by atoms with van der Waals surface area (Å²) in [6, 6.07) is 7.60. The summed E-state index contributed by atoms with van der Waals surface area (Å²) < 4.78 is 0. The zero-order valence-corrected chi connectivity index (χ0v) is 13.6. The summed E-state index contributed by atoms with van der Waals surface area (Å²) in [5.41, 5.74) is 0.991. The fourth-order valence-electron chi connectivity index (χ4n) is 3.00. The molecule has 0 aliphatic carbocycles. The van der Waals surface area contributed by atoms with Crippen molar-refractivity contribution >= 4 is 23.5 Å². The van der Waals surface area contributed by atoms with Crippen LogP contribution in [-0.4, -0.2) is 35.0 Å². The van der Waals surface area contributed by atoms with Crippen LogP contribution in [0.1, 0.15) is 31.7 Å². The van der Waals surface area contributed by atoms with Crippen molar-refractivity contribution in [3.8, 4) is 0 Å². The molecule has 1 atom stereocenters. The van der Waals surface area contributed by atoms with Gasteiger partial charge in [-0.1, -0.05) is 36.7 Å². The Balaban J connectivity index is 1.87. The Kier molecular flexibility index (Phi) is 5.83. The number of carbonyl (C=O) groups excluding carboxylic acids is 1. The molecule has 0 saturated carbocycles. The summed E-state index contributed by atoms with van der Waals surface area (Å²) in [5.74, 6) is -0.540. The van der Waals surface area contributed by atoms with E-state index in [1.165, 1.54) is 0 Å². The second kappa shape index (κ2) is 7.63. The van der Waals surface area contributed by atoms with Gasteiger partial charge in [-0.3, -0.25) is 9.59 Å². The Labute approximate surface area is 136 Å². The maximum Gasteiger partial charge on any atom is 0.303 e. The van der Waals surface area contributed by atoms with Crippen LogP contribution in [0.4, 0.5) is 0 Å². The van der Waals surface area contributed by atoms with Gasteiger partial charge in [-0.15, -0.1) is 0 Å². The number of hydrogen-bond acceptors (Lipinski definition) is 2. The number of carboxylic acid groups (broad SMARTS) is 1. The molecule has 1 unspecified atom stereocenters. The second-order valence-corrected chi connectivity index (χ2v) is 6.47. The van der Waals surface area contributed by atoms with Crippen molar-refractivity contribution in [2.45, 2.75) is 32.6 Å². The van der Waals surface area contributed by atoms with E-state index in [1.54, 1.807) is 0 Å². The highest BCUT2D eigenvalue weighted by atomic mass is 35.5.